The number of benzene rings is 1. The molecule has 3 nitrogen and oxygen atoms in total. The second-order valence-corrected chi connectivity index (χ2v) is 3.03. The number of carbonyl (C=O) groups is 1. The fourth-order valence-electron chi connectivity index (χ4n) is 0.970. The summed E-state index contributed by atoms with van der Waals surface area (Å²) in [6.07, 6.45) is -2.68. The van der Waals surface area contributed by atoms with Crippen molar-refractivity contribution < 1.29 is 23.4 Å². The summed E-state index contributed by atoms with van der Waals surface area (Å²) >= 11 is 5.62. The highest BCUT2D eigenvalue weighted by Gasteiger charge is 2.15. The van der Waals surface area contributed by atoms with Crippen LogP contribution in [0.25, 0.3) is 0 Å². The van der Waals surface area contributed by atoms with E-state index in [9.17, 15) is 13.6 Å². The summed E-state index contributed by atoms with van der Waals surface area (Å²) in [6.45, 7) is -0.885. The Morgan fingerprint density at radius 3 is 2.73 bits per heavy atom. The van der Waals surface area contributed by atoms with Gasteiger partial charge in [0.25, 0.3) is 6.43 Å². The van der Waals surface area contributed by atoms with Gasteiger partial charge in [0.15, 0.2) is 5.75 Å². The van der Waals surface area contributed by atoms with E-state index in [4.69, 9.17) is 16.7 Å². The van der Waals surface area contributed by atoms with Gasteiger partial charge in [0, 0.05) is 0 Å². The minimum atomic E-state index is -2.68. The standard InChI is InChI=1S/C9H7ClF2O3/c10-6-3-1-2-5(9(13)14)8(6)15-4-7(11)12/h1-3,7H,4H2,(H,13,14). The Morgan fingerprint density at radius 1 is 1.53 bits per heavy atom. The quantitative estimate of drug-likeness (QED) is 0.874. The van der Waals surface area contributed by atoms with E-state index >= 15 is 0 Å². The first-order valence-corrected chi connectivity index (χ1v) is 4.33. The number of halogens is 3. The van der Waals surface area contributed by atoms with Gasteiger partial charge in [-0.15, -0.1) is 0 Å². The molecule has 0 saturated heterocycles. The molecule has 6 heteroatoms. The SMILES string of the molecule is O=C(O)c1cccc(Cl)c1OCC(F)F. The molecular formula is C9H7ClF2O3. The van der Waals surface area contributed by atoms with Gasteiger partial charge in [0.2, 0.25) is 0 Å². The van der Waals surface area contributed by atoms with Crippen molar-refractivity contribution in [1.29, 1.82) is 0 Å². The molecule has 0 fully saturated rings. The second-order valence-electron chi connectivity index (χ2n) is 2.62. The lowest BCUT2D eigenvalue weighted by molar-refractivity contribution is 0.0664. The minimum Gasteiger partial charge on any atom is -0.485 e. The van der Waals surface area contributed by atoms with Crippen molar-refractivity contribution in [1.82, 2.24) is 0 Å². The van der Waals surface area contributed by atoms with Crippen LogP contribution in [0.1, 0.15) is 10.4 Å². The van der Waals surface area contributed by atoms with Gasteiger partial charge in [-0.3, -0.25) is 0 Å². The summed E-state index contributed by atoms with van der Waals surface area (Å²) in [6, 6.07) is 4.00. The number of alkyl halides is 2. The zero-order valence-electron chi connectivity index (χ0n) is 7.41. The maximum absolute atomic E-state index is 11.9. The predicted molar refractivity (Wildman–Crippen MR) is 49.9 cm³/mol. The van der Waals surface area contributed by atoms with E-state index in [-0.39, 0.29) is 16.3 Å². The van der Waals surface area contributed by atoms with Gasteiger partial charge < -0.3 is 9.84 Å². The fourth-order valence-corrected chi connectivity index (χ4v) is 1.20. The second kappa shape index (κ2) is 4.93. The van der Waals surface area contributed by atoms with Gasteiger partial charge in [0.1, 0.15) is 12.2 Å². The molecule has 0 aliphatic carbocycles. The first-order valence-electron chi connectivity index (χ1n) is 3.95. The molecule has 15 heavy (non-hydrogen) atoms. The number of ether oxygens (including phenoxy) is 1. The number of hydrogen-bond donors (Lipinski definition) is 1. The van der Waals surface area contributed by atoms with E-state index < -0.39 is 19.0 Å². The third kappa shape index (κ3) is 3.06. The molecule has 0 radical (unpaired) electrons. The van der Waals surface area contributed by atoms with Gasteiger partial charge >= 0.3 is 5.97 Å². The highest BCUT2D eigenvalue weighted by molar-refractivity contribution is 6.32. The molecule has 0 atom stereocenters. The highest BCUT2D eigenvalue weighted by atomic mass is 35.5. The van der Waals surface area contributed by atoms with Gasteiger partial charge in [0.05, 0.1) is 5.02 Å². The van der Waals surface area contributed by atoms with Crippen molar-refractivity contribution in [2.24, 2.45) is 0 Å². The van der Waals surface area contributed by atoms with Crippen LogP contribution in [0.5, 0.6) is 5.75 Å². The summed E-state index contributed by atoms with van der Waals surface area (Å²) < 4.78 is 28.4. The maximum atomic E-state index is 11.9. The Hall–Kier alpha value is -1.36. The van der Waals surface area contributed by atoms with Crippen LogP contribution in [0.15, 0.2) is 18.2 Å². The lowest BCUT2D eigenvalue weighted by Crippen LogP contribution is -2.10. The van der Waals surface area contributed by atoms with E-state index in [1.165, 1.54) is 18.2 Å². The first-order chi connectivity index (χ1) is 7.02. The summed E-state index contributed by atoms with van der Waals surface area (Å²) in [5, 5.41) is 8.73. The van der Waals surface area contributed by atoms with Crippen LogP contribution >= 0.6 is 11.6 Å². The first kappa shape index (κ1) is 11.7. The molecule has 1 rings (SSSR count). The molecule has 0 saturated carbocycles. The Labute approximate surface area is 89.2 Å². The highest BCUT2D eigenvalue weighted by Crippen LogP contribution is 2.28. The van der Waals surface area contributed by atoms with Crippen molar-refractivity contribution >= 4 is 17.6 Å². The molecular weight excluding hydrogens is 230 g/mol. The molecule has 0 heterocycles. The molecule has 82 valence electrons. The molecule has 1 aromatic rings. The summed E-state index contributed by atoms with van der Waals surface area (Å²) in [4.78, 5) is 10.7. The zero-order valence-corrected chi connectivity index (χ0v) is 8.17. The lowest BCUT2D eigenvalue weighted by atomic mass is 10.2. The molecule has 0 unspecified atom stereocenters. The average Bonchev–Trinajstić information content (AvgIpc) is 2.15. The lowest BCUT2D eigenvalue weighted by Gasteiger charge is -2.09. The Bertz CT molecular complexity index is 368. The molecule has 0 amide bonds. The third-order valence-electron chi connectivity index (χ3n) is 1.55. The number of rotatable bonds is 4. The molecule has 0 aromatic heterocycles. The molecule has 0 bridgehead atoms. The Kier molecular flexibility index (Phi) is 3.85. The summed E-state index contributed by atoms with van der Waals surface area (Å²) in [7, 11) is 0. The van der Waals surface area contributed by atoms with E-state index in [1.54, 1.807) is 0 Å². The summed E-state index contributed by atoms with van der Waals surface area (Å²) in [5.74, 6) is -1.51. The van der Waals surface area contributed by atoms with Crippen LogP contribution in [0.2, 0.25) is 5.02 Å². The molecule has 0 aliphatic heterocycles. The monoisotopic (exact) mass is 236 g/mol. The number of para-hydroxylation sites is 1. The Balaban J connectivity index is 2.97. The predicted octanol–water partition coefficient (Wildman–Crippen LogP) is 2.68. The van der Waals surface area contributed by atoms with E-state index in [0.29, 0.717) is 0 Å². The van der Waals surface area contributed by atoms with E-state index in [1.807, 2.05) is 0 Å². The smallest absolute Gasteiger partial charge is 0.339 e. The van der Waals surface area contributed by atoms with Crippen molar-refractivity contribution in [2.75, 3.05) is 6.61 Å². The average molecular weight is 237 g/mol. The number of carboxylic acid groups (broad SMARTS) is 1. The zero-order chi connectivity index (χ0) is 11.4. The van der Waals surface area contributed by atoms with Gasteiger partial charge in [-0.25, -0.2) is 13.6 Å². The van der Waals surface area contributed by atoms with E-state index in [2.05, 4.69) is 4.74 Å². The van der Waals surface area contributed by atoms with Crippen molar-refractivity contribution in [3.05, 3.63) is 28.8 Å². The number of hydrogen-bond acceptors (Lipinski definition) is 2. The largest absolute Gasteiger partial charge is 0.485 e. The fraction of sp³-hybridized carbons (Fsp3) is 0.222. The van der Waals surface area contributed by atoms with Crippen LogP contribution < -0.4 is 4.74 Å². The van der Waals surface area contributed by atoms with Crippen LogP contribution in [-0.2, 0) is 0 Å². The van der Waals surface area contributed by atoms with Crippen LogP contribution in [-0.4, -0.2) is 24.1 Å². The van der Waals surface area contributed by atoms with Gasteiger partial charge in [-0.2, -0.15) is 0 Å². The maximum Gasteiger partial charge on any atom is 0.339 e. The number of carboxylic acids is 1. The minimum absolute atomic E-state index is 0.00412. The topological polar surface area (TPSA) is 46.5 Å². The van der Waals surface area contributed by atoms with Gasteiger partial charge in [-0.1, -0.05) is 17.7 Å². The van der Waals surface area contributed by atoms with Crippen molar-refractivity contribution in [2.45, 2.75) is 6.43 Å². The Morgan fingerprint density at radius 2 is 2.20 bits per heavy atom. The number of aromatic carboxylic acids is 1. The van der Waals surface area contributed by atoms with Crippen molar-refractivity contribution in [3.8, 4) is 5.75 Å². The third-order valence-corrected chi connectivity index (χ3v) is 1.85. The van der Waals surface area contributed by atoms with Gasteiger partial charge in [-0.05, 0) is 12.1 Å². The molecule has 0 aliphatic rings. The van der Waals surface area contributed by atoms with Crippen molar-refractivity contribution in [3.63, 3.8) is 0 Å². The molecule has 1 aromatic carbocycles. The van der Waals surface area contributed by atoms with Crippen LogP contribution in [0, 0.1) is 0 Å². The summed E-state index contributed by atoms with van der Waals surface area (Å²) in [5.41, 5.74) is -0.233. The normalized spacial score (nSPS) is 10.4. The van der Waals surface area contributed by atoms with Crippen LogP contribution in [0.3, 0.4) is 0 Å². The molecule has 0 spiro atoms. The molecule has 1 N–H and O–H groups in total. The van der Waals surface area contributed by atoms with E-state index in [0.717, 1.165) is 0 Å². The van der Waals surface area contributed by atoms with Crippen LogP contribution in [0.4, 0.5) is 8.78 Å².